The first-order chi connectivity index (χ1) is 3.62. The van der Waals surface area contributed by atoms with Gasteiger partial charge in [-0.2, -0.15) is 0 Å². The third-order valence-electron chi connectivity index (χ3n) is 0.857. The zero-order valence-electron chi connectivity index (χ0n) is 5.70. The molecule has 0 aromatic carbocycles. The Labute approximate surface area is 59.5 Å². The Morgan fingerprint density at radius 2 is 2.00 bits per heavy atom. The Bertz CT molecular complexity index is 61.5. The van der Waals surface area contributed by atoms with Crippen molar-refractivity contribution in [2.24, 2.45) is 0 Å². The van der Waals surface area contributed by atoms with E-state index in [2.05, 4.69) is 29.8 Å². The minimum absolute atomic E-state index is 0.00868. The van der Waals surface area contributed by atoms with Crippen LogP contribution in [0.15, 0.2) is 0 Å². The van der Waals surface area contributed by atoms with Crippen LogP contribution in [-0.2, 0) is 4.74 Å². The fourth-order valence-corrected chi connectivity index (χ4v) is 0.591. The van der Waals surface area contributed by atoms with Gasteiger partial charge in [0.25, 0.3) is 0 Å². The standard InChI is InChI=1S/C6H13BrO/c1-4-8-6(2,3)5-7/h4-5H2,1-3H3. The van der Waals surface area contributed by atoms with Gasteiger partial charge in [0.2, 0.25) is 0 Å². The van der Waals surface area contributed by atoms with Gasteiger partial charge in [-0.25, -0.2) is 0 Å². The quantitative estimate of drug-likeness (QED) is 0.606. The summed E-state index contributed by atoms with van der Waals surface area (Å²) in [6.07, 6.45) is 0. The van der Waals surface area contributed by atoms with Crippen LogP contribution in [0.25, 0.3) is 0 Å². The van der Waals surface area contributed by atoms with Crippen LogP contribution in [-0.4, -0.2) is 17.5 Å². The smallest absolute Gasteiger partial charge is 0.0722 e. The van der Waals surface area contributed by atoms with Gasteiger partial charge >= 0.3 is 0 Å². The summed E-state index contributed by atoms with van der Waals surface area (Å²) in [7, 11) is 0. The fourth-order valence-electron chi connectivity index (χ4n) is 0.429. The molecule has 2 heteroatoms. The van der Waals surface area contributed by atoms with Crippen molar-refractivity contribution in [1.82, 2.24) is 0 Å². The van der Waals surface area contributed by atoms with Gasteiger partial charge in [-0.05, 0) is 20.8 Å². The molecule has 0 radical (unpaired) electrons. The van der Waals surface area contributed by atoms with Crippen molar-refractivity contribution in [3.05, 3.63) is 0 Å². The number of hydrogen-bond acceptors (Lipinski definition) is 1. The maximum atomic E-state index is 5.33. The fraction of sp³-hybridized carbons (Fsp3) is 1.00. The lowest BCUT2D eigenvalue weighted by Gasteiger charge is -2.20. The van der Waals surface area contributed by atoms with E-state index in [1.165, 1.54) is 0 Å². The van der Waals surface area contributed by atoms with Crippen LogP contribution in [0.4, 0.5) is 0 Å². The van der Waals surface area contributed by atoms with E-state index in [1.54, 1.807) is 0 Å². The largest absolute Gasteiger partial charge is 0.375 e. The van der Waals surface area contributed by atoms with E-state index in [-0.39, 0.29) is 5.60 Å². The second-order valence-electron chi connectivity index (χ2n) is 2.33. The number of halogens is 1. The van der Waals surface area contributed by atoms with Crippen LogP contribution in [0.3, 0.4) is 0 Å². The Kier molecular flexibility index (Phi) is 3.65. The Morgan fingerprint density at radius 3 is 2.12 bits per heavy atom. The molecule has 0 N–H and O–H groups in total. The third-order valence-corrected chi connectivity index (χ3v) is 2.21. The van der Waals surface area contributed by atoms with Gasteiger partial charge in [0.1, 0.15) is 0 Å². The molecule has 0 bridgehead atoms. The maximum absolute atomic E-state index is 5.33. The minimum atomic E-state index is 0.00868. The predicted molar refractivity (Wildman–Crippen MR) is 39.5 cm³/mol. The second-order valence-corrected chi connectivity index (χ2v) is 2.89. The summed E-state index contributed by atoms with van der Waals surface area (Å²) >= 11 is 3.35. The number of hydrogen-bond donors (Lipinski definition) is 0. The summed E-state index contributed by atoms with van der Waals surface area (Å²) in [6, 6.07) is 0. The van der Waals surface area contributed by atoms with Crippen molar-refractivity contribution in [2.75, 3.05) is 11.9 Å². The molecule has 8 heavy (non-hydrogen) atoms. The van der Waals surface area contributed by atoms with Crippen molar-refractivity contribution >= 4 is 15.9 Å². The van der Waals surface area contributed by atoms with E-state index < -0.39 is 0 Å². The Hall–Kier alpha value is 0.440. The Morgan fingerprint density at radius 1 is 1.50 bits per heavy atom. The lowest BCUT2D eigenvalue weighted by molar-refractivity contribution is 0.0101. The lowest BCUT2D eigenvalue weighted by Crippen LogP contribution is -2.25. The van der Waals surface area contributed by atoms with Crippen LogP contribution in [0, 0.1) is 0 Å². The van der Waals surface area contributed by atoms with Gasteiger partial charge in [-0.1, -0.05) is 15.9 Å². The molecule has 50 valence electrons. The van der Waals surface area contributed by atoms with Gasteiger partial charge in [0.05, 0.1) is 5.60 Å². The molecule has 0 fully saturated rings. The lowest BCUT2D eigenvalue weighted by atomic mass is 10.2. The average Bonchev–Trinajstić information content (AvgIpc) is 1.67. The topological polar surface area (TPSA) is 9.23 Å². The zero-order chi connectivity index (χ0) is 6.62. The number of rotatable bonds is 3. The first kappa shape index (κ1) is 8.44. The molecule has 0 saturated carbocycles. The van der Waals surface area contributed by atoms with Crippen LogP contribution in [0.5, 0.6) is 0 Å². The molecule has 0 aromatic heterocycles. The van der Waals surface area contributed by atoms with Gasteiger partial charge in [0.15, 0.2) is 0 Å². The summed E-state index contributed by atoms with van der Waals surface area (Å²) < 4.78 is 5.33. The van der Waals surface area contributed by atoms with Crippen molar-refractivity contribution in [3.63, 3.8) is 0 Å². The first-order valence-electron chi connectivity index (χ1n) is 2.82. The molecule has 0 unspecified atom stereocenters. The molecule has 0 aliphatic carbocycles. The average molecular weight is 181 g/mol. The van der Waals surface area contributed by atoms with E-state index in [9.17, 15) is 0 Å². The predicted octanol–water partition coefficient (Wildman–Crippen LogP) is 2.20. The highest BCUT2D eigenvalue weighted by Gasteiger charge is 2.13. The molecule has 1 nitrogen and oxygen atoms in total. The summed E-state index contributed by atoms with van der Waals surface area (Å²) in [5.41, 5.74) is 0.00868. The van der Waals surface area contributed by atoms with Crippen LogP contribution in [0.1, 0.15) is 20.8 Å². The summed E-state index contributed by atoms with van der Waals surface area (Å²) in [6.45, 7) is 6.92. The van der Waals surface area contributed by atoms with Crippen LogP contribution >= 0.6 is 15.9 Å². The van der Waals surface area contributed by atoms with Crippen molar-refractivity contribution in [3.8, 4) is 0 Å². The van der Waals surface area contributed by atoms with Crippen LogP contribution < -0.4 is 0 Å². The molecule has 0 aromatic rings. The van der Waals surface area contributed by atoms with Crippen molar-refractivity contribution in [2.45, 2.75) is 26.4 Å². The zero-order valence-corrected chi connectivity index (χ0v) is 7.29. The van der Waals surface area contributed by atoms with E-state index in [4.69, 9.17) is 4.74 Å². The molecular weight excluding hydrogens is 168 g/mol. The van der Waals surface area contributed by atoms with E-state index in [0.29, 0.717) is 0 Å². The molecule has 0 spiro atoms. The Balaban J connectivity index is 3.37. The normalized spacial score (nSPS) is 12.0. The molecule has 0 atom stereocenters. The van der Waals surface area contributed by atoms with Gasteiger partial charge in [-0.3, -0.25) is 0 Å². The third kappa shape index (κ3) is 3.44. The van der Waals surface area contributed by atoms with E-state index in [1.807, 2.05) is 6.92 Å². The minimum Gasteiger partial charge on any atom is -0.375 e. The monoisotopic (exact) mass is 180 g/mol. The number of alkyl halides is 1. The van der Waals surface area contributed by atoms with Gasteiger partial charge in [-0.15, -0.1) is 0 Å². The molecule has 0 rings (SSSR count). The summed E-state index contributed by atoms with van der Waals surface area (Å²) in [4.78, 5) is 0. The second kappa shape index (κ2) is 3.46. The molecule has 0 saturated heterocycles. The van der Waals surface area contributed by atoms with Gasteiger partial charge in [0, 0.05) is 11.9 Å². The highest BCUT2D eigenvalue weighted by molar-refractivity contribution is 9.09. The molecule has 0 aliphatic heterocycles. The van der Waals surface area contributed by atoms with E-state index >= 15 is 0 Å². The highest BCUT2D eigenvalue weighted by atomic mass is 79.9. The first-order valence-corrected chi connectivity index (χ1v) is 3.94. The SMILES string of the molecule is CCOC(C)(C)CBr. The molecule has 0 amide bonds. The van der Waals surface area contributed by atoms with Crippen molar-refractivity contribution < 1.29 is 4.74 Å². The summed E-state index contributed by atoms with van der Waals surface area (Å²) in [5, 5.41) is 0.897. The summed E-state index contributed by atoms with van der Waals surface area (Å²) in [5.74, 6) is 0. The maximum Gasteiger partial charge on any atom is 0.0722 e. The van der Waals surface area contributed by atoms with E-state index in [0.717, 1.165) is 11.9 Å². The van der Waals surface area contributed by atoms with Gasteiger partial charge < -0.3 is 4.74 Å². The molecule has 0 heterocycles. The molecule has 0 aliphatic rings. The number of ether oxygens (including phenoxy) is 1. The molecular formula is C6H13BrO. The van der Waals surface area contributed by atoms with Crippen molar-refractivity contribution in [1.29, 1.82) is 0 Å². The van der Waals surface area contributed by atoms with Crippen LogP contribution in [0.2, 0.25) is 0 Å². The highest BCUT2D eigenvalue weighted by Crippen LogP contribution is 2.10.